The van der Waals surface area contributed by atoms with Crippen LogP contribution in [0.4, 0.5) is 5.13 Å². The predicted molar refractivity (Wildman–Crippen MR) is 61.4 cm³/mol. The molecule has 1 aromatic rings. The minimum atomic E-state index is -0.772. The normalized spacial score (nSPS) is 14.6. The van der Waals surface area contributed by atoms with E-state index >= 15 is 0 Å². The third kappa shape index (κ3) is 2.92. The van der Waals surface area contributed by atoms with Crippen molar-refractivity contribution in [2.24, 2.45) is 5.41 Å². The highest BCUT2D eigenvalue weighted by Gasteiger charge is 2.30. The zero-order valence-corrected chi connectivity index (χ0v) is 10.0. The SMILES string of the molecule is CCC(C)(CNc1nc(C)cs1)C(=O)O. The number of nitrogens with one attached hydrogen (secondary N) is 1. The lowest BCUT2D eigenvalue weighted by Gasteiger charge is -2.22. The Morgan fingerprint density at radius 2 is 2.40 bits per heavy atom. The fourth-order valence-corrected chi connectivity index (χ4v) is 1.74. The molecular weight excluding hydrogens is 212 g/mol. The first-order valence-electron chi connectivity index (χ1n) is 4.87. The maximum Gasteiger partial charge on any atom is 0.311 e. The number of aromatic nitrogens is 1. The molecule has 0 saturated heterocycles. The number of aryl methyl sites for hydroxylation is 1. The van der Waals surface area contributed by atoms with Crippen LogP contribution >= 0.6 is 11.3 Å². The molecule has 0 saturated carbocycles. The molecule has 1 aromatic heterocycles. The Labute approximate surface area is 93.4 Å². The van der Waals surface area contributed by atoms with Gasteiger partial charge in [0, 0.05) is 11.9 Å². The molecule has 0 amide bonds. The van der Waals surface area contributed by atoms with Crippen LogP contribution in [0.3, 0.4) is 0 Å². The van der Waals surface area contributed by atoms with Crippen molar-refractivity contribution in [1.29, 1.82) is 0 Å². The van der Waals surface area contributed by atoms with Gasteiger partial charge in [0.1, 0.15) is 0 Å². The molecule has 4 nitrogen and oxygen atoms in total. The fourth-order valence-electron chi connectivity index (χ4n) is 1.06. The van der Waals surface area contributed by atoms with Gasteiger partial charge in [-0.3, -0.25) is 4.79 Å². The first kappa shape index (κ1) is 12.0. The number of carboxylic acids is 1. The summed E-state index contributed by atoms with van der Waals surface area (Å²) in [4.78, 5) is 15.2. The number of aliphatic carboxylic acids is 1. The van der Waals surface area contributed by atoms with E-state index in [4.69, 9.17) is 5.11 Å². The van der Waals surface area contributed by atoms with Crippen LogP contribution < -0.4 is 5.32 Å². The van der Waals surface area contributed by atoms with E-state index in [-0.39, 0.29) is 0 Å². The summed E-state index contributed by atoms with van der Waals surface area (Å²) < 4.78 is 0. The van der Waals surface area contributed by atoms with Crippen molar-refractivity contribution >= 4 is 22.4 Å². The van der Waals surface area contributed by atoms with Gasteiger partial charge in [0.25, 0.3) is 0 Å². The highest BCUT2D eigenvalue weighted by Crippen LogP contribution is 2.23. The lowest BCUT2D eigenvalue weighted by molar-refractivity contribution is -0.147. The molecule has 0 aliphatic carbocycles. The molecule has 0 fully saturated rings. The third-order valence-electron chi connectivity index (χ3n) is 2.55. The number of nitrogens with zero attached hydrogens (tertiary/aromatic N) is 1. The number of carbonyl (C=O) groups is 1. The van der Waals surface area contributed by atoms with Crippen LogP contribution in [0.1, 0.15) is 26.0 Å². The maximum atomic E-state index is 11.0. The van der Waals surface area contributed by atoms with Gasteiger partial charge in [-0.05, 0) is 20.3 Å². The van der Waals surface area contributed by atoms with E-state index in [0.717, 1.165) is 10.8 Å². The molecule has 0 aliphatic heterocycles. The average molecular weight is 228 g/mol. The van der Waals surface area contributed by atoms with Gasteiger partial charge >= 0.3 is 5.97 Å². The van der Waals surface area contributed by atoms with Gasteiger partial charge in [0.15, 0.2) is 5.13 Å². The Morgan fingerprint density at radius 1 is 1.73 bits per heavy atom. The largest absolute Gasteiger partial charge is 0.481 e. The summed E-state index contributed by atoms with van der Waals surface area (Å²) in [7, 11) is 0. The molecule has 5 heteroatoms. The fraction of sp³-hybridized carbons (Fsp3) is 0.600. The summed E-state index contributed by atoms with van der Waals surface area (Å²) in [5.74, 6) is -0.772. The molecule has 1 atom stereocenters. The highest BCUT2D eigenvalue weighted by molar-refractivity contribution is 7.13. The second-order valence-corrected chi connectivity index (χ2v) is 4.73. The Hall–Kier alpha value is -1.10. The monoisotopic (exact) mass is 228 g/mol. The van der Waals surface area contributed by atoms with Gasteiger partial charge in [-0.25, -0.2) is 4.98 Å². The van der Waals surface area contributed by atoms with Crippen molar-refractivity contribution in [1.82, 2.24) is 4.98 Å². The van der Waals surface area contributed by atoms with Crippen LogP contribution in [-0.4, -0.2) is 22.6 Å². The predicted octanol–water partition coefficient (Wildman–Crippen LogP) is 2.36. The molecule has 84 valence electrons. The Balaban J connectivity index is 2.59. The molecule has 1 unspecified atom stereocenters. The molecular formula is C10H16N2O2S. The van der Waals surface area contributed by atoms with Gasteiger partial charge in [-0.2, -0.15) is 0 Å². The molecule has 1 heterocycles. The van der Waals surface area contributed by atoms with Crippen molar-refractivity contribution in [2.75, 3.05) is 11.9 Å². The van der Waals surface area contributed by atoms with Gasteiger partial charge < -0.3 is 10.4 Å². The van der Waals surface area contributed by atoms with Gasteiger partial charge in [-0.1, -0.05) is 6.92 Å². The van der Waals surface area contributed by atoms with Crippen molar-refractivity contribution in [2.45, 2.75) is 27.2 Å². The van der Waals surface area contributed by atoms with Crippen LogP contribution in [0, 0.1) is 12.3 Å². The topological polar surface area (TPSA) is 62.2 Å². The maximum absolute atomic E-state index is 11.0. The summed E-state index contributed by atoms with van der Waals surface area (Å²) >= 11 is 1.50. The van der Waals surface area contributed by atoms with E-state index in [1.54, 1.807) is 6.92 Å². The third-order valence-corrected chi connectivity index (χ3v) is 3.46. The summed E-state index contributed by atoms with van der Waals surface area (Å²) in [6.45, 7) is 5.94. The van der Waals surface area contributed by atoms with Crippen molar-refractivity contribution in [3.63, 3.8) is 0 Å². The molecule has 15 heavy (non-hydrogen) atoms. The number of rotatable bonds is 5. The molecule has 0 aromatic carbocycles. The lowest BCUT2D eigenvalue weighted by Crippen LogP contribution is -2.34. The first-order valence-corrected chi connectivity index (χ1v) is 5.75. The van der Waals surface area contributed by atoms with Crippen LogP contribution in [0.5, 0.6) is 0 Å². The van der Waals surface area contributed by atoms with Crippen molar-refractivity contribution in [3.8, 4) is 0 Å². The second-order valence-electron chi connectivity index (χ2n) is 3.87. The van der Waals surface area contributed by atoms with E-state index < -0.39 is 11.4 Å². The number of carboxylic acid groups (broad SMARTS) is 1. The molecule has 1 rings (SSSR count). The zero-order valence-electron chi connectivity index (χ0n) is 9.20. The van der Waals surface area contributed by atoms with Gasteiger partial charge in [0.2, 0.25) is 0 Å². The number of hydrogen-bond acceptors (Lipinski definition) is 4. The molecule has 0 bridgehead atoms. The molecule has 0 aliphatic rings. The standard InChI is InChI=1S/C10H16N2O2S/c1-4-10(3,8(13)14)6-11-9-12-7(2)5-15-9/h5H,4,6H2,1-3H3,(H,11,12)(H,13,14). The highest BCUT2D eigenvalue weighted by atomic mass is 32.1. The van der Waals surface area contributed by atoms with Crippen LogP contribution in [0.2, 0.25) is 0 Å². The Kier molecular flexibility index (Phi) is 3.68. The number of thiazole rings is 1. The minimum absolute atomic E-state index is 0.409. The zero-order chi connectivity index (χ0) is 11.5. The van der Waals surface area contributed by atoms with E-state index in [1.165, 1.54) is 11.3 Å². The quantitative estimate of drug-likeness (QED) is 0.812. The van der Waals surface area contributed by atoms with E-state index in [2.05, 4.69) is 10.3 Å². The molecule has 0 radical (unpaired) electrons. The van der Waals surface area contributed by atoms with Crippen molar-refractivity contribution in [3.05, 3.63) is 11.1 Å². The average Bonchev–Trinajstić information content (AvgIpc) is 2.60. The minimum Gasteiger partial charge on any atom is -0.481 e. The van der Waals surface area contributed by atoms with Gasteiger partial charge in [0.05, 0.1) is 11.1 Å². The summed E-state index contributed by atoms with van der Waals surface area (Å²) in [6, 6.07) is 0. The van der Waals surface area contributed by atoms with E-state index in [9.17, 15) is 4.79 Å². The summed E-state index contributed by atoms with van der Waals surface area (Å²) in [5.41, 5.74) is 0.232. The van der Waals surface area contributed by atoms with Gasteiger partial charge in [-0.15, -0.1) is 11.3 Å². The molecule has 0 spiro atoms. The second kappa shape index (κ2) is 4.61. The van der Waals surface area contributed by atoms with Crippen molar-refractivity contribution < 1.29 is 9.90 Å². The number of anilines is 1. The van der Waals surface area contributed by atoms with E-state index in [1.807, 2.05) is 19.2 Å². The van der Waals surface area contributed by atoms with Crippen LogP contribution in [0.15, 0.2) is 5.38 Å². The van der Waals surface area contributed by atoms with Crippen LogP contribution in [-0.2, 0) is 4.79 Å². The summed E-state index contributed by atoms with van der Waals surface area (Å²) in [6.07, 6.45) is 0.597. The summed E-state index contributed by atoms with van der Waals surface area (Å²) in [5, 5.41) is 14.8. The first-order chi connectivity index (χ1) is 6.98. The van der Waals surface area contributed by atoms with Crippen LogP contribution in [0.25, 0.3) is 0 Å². The Morgan fingerprint density at radius 3 is 2.80 bits per heavy atom. The van der Waals surface area contributed by atoms with E-state index in [0.29, 0.717) is 13.0 Å². The smallest absolute Gasteiger partial charge is 0.311 e. The number of hydrogen-bond donors (Lipinski definition) is 2. The lowest BCUT2D eigenvalue weighted by atomic mass is 9.88. The Bertz CT molecular complexity index is 351. The molecule has 2 N–H and O–H groups in total.